The Balaban J connectivity index is 1.43. The first kappa shape index (κ1) is 44.6. The van der Waals surface area contributed by atoms with Gasteiger partial charge in [-0.15, -0.1) is 13.2 Å². The molecule has 2 aliphatic carbocycles. The van der Waals surface area contributed by atoms with Crippen molar-refractivity contribution >= 4 is 22.6 Å². The number of amides is 1. The Morgan fingerprint density at radius 2 is 1.68 bits per heavy atom. The number of carbonyl (C=O) groups excluding carboxylic acids is 1. The van der Waals surface area contributed by atoms with Crippen LogP contribution in [0.15, 0.2) is 127 Å². The number of aliphatic hydroxyl groups excluding tert-OH is 2. The number of carbonyl (C=O) groups is 1. The summed E-state index contributed by atoms with van der Waals surface area (Å²) < 4.78 is 41.2. The molecule has 7 rings (SSSR count). The number of unbranched alkanes of at least 4 members (excludes halogenated alkanes) is 2. The average Bonchev–Trinajstić information content (AvgIpc) is 3.28. The SMILES string of the molecule is C=CCCOC(=O)N(Cc1ccc(F)cc1)[C@H]1CC(=NOCC)C2=C[C@H](CCCCO)[C@@H](CCCCO)[C@@H]3c4cc(Oc5ccc6ccccc6c5)ccc4O[C@@]1(OCC=C)[C@H]23. The molecule has 0 radical (unpaired) electrons. The number of fused-ring (bicyclic) bond motifs is 3. The number of ether oxygens (including phenoxy) is 4. The van der Waals surface area contributed by atoms with Gasteiger partial charge in [0.25, 0.3) is 0 Å². The standard InChI is InChI=1S/C51H59FN2O8/c1-4-7-29-58-50(57)54(34-35-18-21-39(52)22-19-35)47-33-45(53-60-6-3)43-31-38(16-10-12-26-55)42(17-11-13-27-56)48-44-32-41(61-40-23-20-36-14-8-9-15-37(36)30-40)24-25-46(44)62-51(47,49(43)48)59-28-5-2/h4-5,8-9,14-15,18-25,30-32,38,42,47-49,55-56H,1-2,6-7,10-13,16-17,26-29,33-34H2,3H3/t38-,42+,47-,48+,49+,51+/m0/s1. The molecule has 1 saturated carbocycles. The number of allylic oxidation sites excluding steroid dienone is 1. The summed E-state index contributed by atoms with van der Waals surface area (Å²) in [6, 6.07) is 25.3. The third-order valence-electron chi connectivity index (χ3n) is 12.3. The van der Waals surface area contributed by atoms with Crippen LogP contribution < -0.4 is 9.47 Å². The van der Waals surface area contributed by atoms with Crippen LogP contribution in [0.5, 0.6) is 17.2 Å². The summed E-state index contributed by atoms with van der Waals surface area (Å²) >= 11 is 0. The number of nitrogens with zero attached hydrogens (tertiary/aromatic N) is 2. The molecule has 0 spiro atoms. The predicted octanol–water partition coefficient (Wildman–Crippen LogP) is 10.6. The number of halogens is 1. The van der Waals surface area contributed by atoms with E-state index in [1.807, 2.05) is 49.4 Å². The molecule has 11 heteroatoms. The van der Waals surface area contributed by atoms with Gasteiger partial charge in [-0.1, -0.05) is 78.7 Å². The molecule has 1 heterocycles. The molecular formula is C51H59FN2O8. The van der Waals surface area contributed by atoms with Crippen molar-refractivity contribution in [3.63, 3.8) is 0 Å². The topological polar surface area (TPSA) is 119 Å². The molecule has 0 unspecified atom stereocenters. The summed E-state index contributed by atoms with van der Waals surface area (Å²) in [4.78, 5) is 22.0. The van der Waals surface area contributed by atoms with E-state index in [1.54, 1.807) is 29.2 Å². The molecule has 0 aromatic heterocycles. The average molecular weight is 847 g/mol. The molecule has 1 fully saturated rings. The summed E-state index contributed by atoms with van der Waals surface area (Å²) in [6.45, 7) is 10.5. The second kappa shape index (κ2) is 21.1. The second-order valence-electron chi connectivity index (χ2n) is 16.2. The van der Waals surface area contributed by atoms with Gasteiger partial charge in [0.1, 0.15) is 35.7 Å². The number of rotatable bonds is 21. The van der Waals surface area contributed by atoms with E-state index < -0.39 is 23.8 Å². The van der Waals surface area contributed by atoms with Crippen LogP contribution >= 0.6 is 0 Å². The fraction of sp³-hybridized carbons (Fsp3) is 0.412. The fourth-order valence-electron chi connectivity index (χ4n) is 9.62. The molecule has 10 nitrogen and oxygen atoms in total. The monoisotopic (exact) mass is 846 g/mol. The Morgan fingerprint density at radius 1 is 0.935 bits per heavy atom. The van der Waals surface area contributed by atoms with Crippen LogP contribution in [0.25, 0.3) is 10.8 Å². The minimum atomic E-state index is -1.49. The van der Waals surface area contributed by atoms with E-state index in [-0.39, 0.29) is 63.0 Å². The first-order valence-corrected chi connectivity index (χ1v) is 22.0. The van der Waals surface area contributed by atoms with Gasteiger partial charge >= 0.3 is 6.09 Å². The lowest BCUT2D eigenvalue weighted by Gasteiger charge is -2.59. The molecule has 2 N–H and O–H groups in total. The quantitative estimate of drug-likeness (QED) is 0.0483. The minimum Gasteiger partial charge on any atom is -0.459 e. The highest BCUT2D eigenvalue weighted by Crippen LogP contribution is 2.62. The highest BCUT2D eigenvalue weighted by Gasteiger charge is 2.65. The van der Waals surface area contributed by atoms with Crippen molar-refractivity contribution in [1.29, 1.82) is 0 Å². The van der Waals surface area contributed by atoms with Crippen molar-refractivity contribution in [2.45, 2.75) is 82.6 Å². The third kappa shape index (κ3) is 9.75. The van der Waals surface area contributed by atoms with Gasteiger partial charge in [0.2, 0.25) is 5.79 Å². The second-order valence-corrected chi connectivity index (χ2v) is 16.2. The van der Waals surface area contributed by atoms with Gasteiger partial charge in [-0.2, -0.15) is 0 Å². The van der Waals surface area contributed by atoms with E-state index >= 15 is 0 Å². The maximum Gasteiger partial charge on any atom is 0.410 e. The van der Waals surface area contributed by atoms with E-state index in [0.717, 1.165) is 47.6 Å². The predicted molar refractivity (Wildman–Crippen MR) is 239 cm³/mol. The molecule has 6 atom stereocenters. The van der Waals surface area contributed by atoms with E-state index in [4.69, 9.17) is 28.9 Å². The Bertz CT molecular complexity index is 2230. The van der Waals surface area contributed by atoms with Gasteiger partial charge in [-0.25, -0.2) is 9.18 Å². The van der Waals surface area contributed by atoms with Crippen molar-refractivity contribution in [2.24, 2.45) is 22.9 Å². The van der Waals surface area contributed by atoms with E-state index in [0.29, 0.717) is 54.4 Å². The van der Waals surface area contributed by atoms with Crippen LogP contribution in [0.3, 0.4) is 0 Å². The van der Waals surface area contributed by atoms with Crippen molar-refractivity contribution in [3.05, 3.63) is 139 Å². The van der Waals surface area contributed by atoms with Gasteiger partial charge in [-0.3, -0.25) is 4.90 Å². The Labute approximate surface area is 364 Å². The molecule has 1 aliphatic heterocycles. The Hall–Kier alpha value is -5.49. The largest absolute Gasteiger partial charge is 0.459 e. The number of hydrogen-bond acceptors (Lipinski definition) is 9. The zero-order valence-electron chi connectivity index (χ0n) is 35.6. The van der Waals surface area contributed by atoms with Crippen LogP contribution in [0.4, 0.5) is 9.18 Å². The Morgan fingerprint density at radius 3 is 2.42 bits per heavy atom. The maximum atomic E-state index is 14.5. The van der Waals surface area contributed by atoms with Gasteiger partial charge in [0.15, 0.2) is 0 Å². The molecule has 0 saturated heterocycles. The normalized spacial score (nSPS) is 23.1. The smallest absolute Gasteiger partial charge is 0.410 e. The highest BCUT2D eigenvalue weighted by molar-refractivity contribution is 6.03. The molecule has 328 valence electrons. The lowest BCUT2D eigenvalue weighted by atomic mass is 9.55. The molecular weight excluding hydrogens is 788 g/mol. The summed E-state index contributed by atoms with van der Waals surface area (Å²) in [5, 5.41) is 26.8. The Kier molecular flexibility index (Phi) is 15.1. The number of hydrogen-bond donors (Lipinski definition) is 2. The summed E-state index contributed by atoms with van der Waals surface area (Å²) in [7, 11) is 0. The van der Waals surface area contributed by atoms with Crippen molar-refractivity contribution < 1.29 is 43.2 Å². The zero-order valence-corrected chi connectivity index (χ0v) is 35.6. The van der Waals surface area contributed by atoms with Crippen LogP contribution in [-0.4, -0.2) is 71.8 Å². The lowest BCUT2D eigenvalue weighted by Crippen LogP contribution is -2.70. The molecule has 4 aromatic rings. The van der Waals surface area contributed by atoms with Crippen LogP contribution in [-0.2, 0) is 20.9 Å². The first-order chi connectivity index (χ1) is 30.3. The molecule has 1 amide bonds. The highest BCUT2D eigenvalue weighted by atomic mass is 19.1. The molecule has 0 bridgehead atoms. The number of oxime groups is 1. The fourth-order valence-corrected chi connectivity index (χ4v) is 9.62. The number of aliphatic hydroxyl groups is 2. The third-order valence-corrected chi connectivity index (χ3v) is 12.3. The van der Waals surface area contributed by atoms with Crippen LogP contribution in [0, 0.1) is 23.6 Å². The molecule has 62 heavy (non-hydrogen) atoms. The minimum absolute atomic E-state index is 0.0245. The summed E-state index contributed by atoms with van der Waals surface area (Å²) in [6.07, 6.45) is 10.2. The molecule has 3 aliphatic rings. The van der Waals surface area contributed by atoms with E-state index in [2.05, 4.69) is 37.4 Å². The molecule has 4 aromatic carbocycles. The van der Waals surface area contributed by atoms with Gasteiger partial charge in [0, 0.05) is 37.7 Å². The first-order valence-electron chi connectivity index (χ1n) is 22.0. The van der Waals surface area contributed by atoms with Gasteiger partial charge < -0.3 is 34.0 Å². The van der Waals surface area contributed by atoms with E-state index in [9.17, 15) is 19.4 Å². The maximum absolute atomic E-state index is 14.5. The zero-order chi connectivity index (χ0) is 43.5. The van der Waals surface area contributed by atoms with Crippen molar-refractivity contribution in [3.8, 4) is 17.2 Å². The lowest BCUT2D eigenvalue weighted by molar-refractivity contribution is -0.256. The van der Waals surface area contributed by atoms with Crippen molar-refractivity contribution in [2.75, 3.05) is 33.0 Å². The van der Waals surface area contributed by atoms with Gasteiger partial charge in [-0.05, 0) is 115 Å². The number of benzene rings is 4. The van der Waals surface area contributed by atoms with Gasteiger partial charge in [0.05, 0.1) is 24.8 Å². The van der Waals surface area contributed by atoms with Crippen LogP contribution in [0.2, 0.25) is 0 Å². The summed E-state index contributed by atoms with van der Waals surface area (Å²) in [5.74, 6) is -0.626. The van der Waals surface area contributed by atoms with Crippen LogP contribution in [0.1, 0.15) is 75.3 Å². The summed E-state index contributed by atoms with van der Waals surface area (Å²) in [5.41, 5.74) is 3.22. The van der Waals surface area contributed by atoms with Crippen molar-refractivity contribution in [1.82, 2.24) is 4.90 Å². The van der Waals surface area contributed by atoms with E-state index in [1.165, 1.54) is 12.1 Å².